The number of aliphatic hydroxyl groups excluding tert-OH is 1. The van der Waals surface area contributed by atoms with Crippen LogP contribution in [0.3, 0.4) is 0 Å². The average molecular weight is 404 g/mol. The zero-order valence-electron chi connectivity index (χ0n) is 11.2. The third-order valence-corrected chi connectivity index (χ3v) is 5.13. The first-order valence-corrected chi connectivity index (χ1v) is 7.90. The summed E-state index contributed by atoms with van der Waals surface area (Å²) in [6.07, 6.45) is 1.69. The molecule has 1 aromatic heterocycles. The Hall–Kier alpha value is -0.850. The highest BCUT2D eigenvalue weighted by Gasteiger charge is 2.19. The Balaban J connectivity index is 2.33. The molecule has 0 spiro atoms. The first-order chi connectivity index (χ1) is 9.43. The van der Waals surface area contributed by atoms with Gasteiger partial charge in [-0.3, -0.25) is 4.79 Å². The third-order valence-electron chi connectivity index (χ3n) is 3.29. The van der Waals surface area contributed by atoms with Gasteiger partial charge in [0.2, 0.25) is 0 Å². The number of rotatable bonds is 4. The second kappa shape index (κ2) is 6.28. The summed E-state index contributed by atoms with van der Waals surface area (Å²) in [4.78, 5) is 15.4. The Morgan fingerprint density at radius 1 is 1.35 bits per heavy atom. The van der Waals surface area contributed by atoms with Gasteiger partial charge in [-0.1, -0.05) is 13.8 Å². The van der Waals surface area contributed by atoms with Gasteiger partial charge in [-0.15, -0.1) is 0 Å². The number of halogens is 2. The molecule has 1 heterocycles. The maximum atomic E-state index is 12.3. The van der Waals surface area contributed by atoms with E-state index in [1.165, 1.54) is 0 Å². The number of carbonyl (C=O) groups is 1. The number of hydrogen-bond donors (Lipinski definition) is 3. The van der Waals surface area contributed by atoms with Crippen LogP contribution >= 0.6 is 31.9 Å². The lowest BCUT2D eigenvalue weighted by atomic mass is 10.0. The van der Waals surface area contributed by atoms with E-state index >= 15 is 0 Å². The van der Waals surface area contributed by atoms with Gasteiger partial charge >= 0.3 is 0 Å². The molecular weight excluding hydrogens is 388 g/mol. The molecule has 0 fully saturated rings. The van der Waals surface area contributed by atoms with Crippen molar-refractivity contribution in [3.8, 4) is 0 Å². The zero-order chi connectivity index (χ0) is 14.9. The second-order valence-electron chi connectivity index (χ2n) is 5.02. The number of benzene rings is 1. The largest absolute Gasteiger partial charge is 0.394 e. The smallest absolute Gasteiger partial charge is 0.253 e. The van der Waals surface area contributed by atoms with Crippen molar-refractivity contribution >= 4 is 48.7 Å². The minimum atomic E-state index is -0.244. The highest BCUT2D eigenvalue weighted by Crippen LogP contribution is 2.30. The van der Waals surface area contributed by atoms with Crippen LogP contribution in [0, 0.1) is 5.92 Å². The van der Waals surface area contributed by atoms with Crippen molar-refractivity contribution in [2.24, 2.45) is 5.92 Å². The molecule has 3 N–H and O–H groups in total. The number of nitrogens with one attached hydrogen (secondary N) is 2. The molecular formula is C14H16Br2N2O2. The van der Waals surface area contributed by atoms with E-state index < -0.39 is 0 Å². The van der Waals surface area contributed by atoms with E-state index in [1.54, 1.807) is 6.20 Å². The van der Waals surface area contributed by atoms with Crippen LogP contribution in [0.5, 0.6) is 0 Å². The summed E-state index contributed by atoms with van der Waals surface area (Å²) < 4.78 is 1.82. The molecule has 108 valence electrons. The molecule has 0 unspecified atom stereocenters. The zero-order valence-corrected chi connectivity index (χ0v) is 14.4. The fraction of sp³-hybridized carbons (Fsp3) is 0.357. The van der Waals surface area contributed by atoms with Crippen molar-refractivity contribution in [1.29, 1.82) is 0 Å². The molecule has 6 heteroatoms. The molecule has 1 atom stereocenters. The van der Waals surface area contributed by atoms with E-state index in [4.69, 9.17) is 0 Å². The summed E-state index contributed by atoms with van der Waals surface area (Å²) in [6, 6.07) is 3.57. The van der Waals surface area contributed by atoms with Crippen LogP contribution in [-0.4, -0.2) is 28.6 Å². The minimum absolute atomic E-state index is 0.0684. The minimum Gasteiger partial charge on any atom is -0.394 e. The lowest BCUT2D eigenvalue weighted by molar-refractivity contribution is 0.0898. The van der Waals surface area contributed by atoms with Gasteiger partial charge in [-0.25, -0.2) is 0 Å². The Morgan fingerprint density at radius 3 is 2.60 bits per heavy atom. The van der Waals surface area contributed by atoms with Crippen LogP contribution in [0.2, 0.25) is 0 Å². The number of carbonyl (C=O) groups excluding carboxylic acids is 1. The number of aromatic nitrogens is 1. The first kappa shape index (κ1) is 15.5. The van der Waals surface area contributed by atoms with Crippen molar-refractivity contribution < 1.29 is 9.90 Å². The summed E-state index contributed by atoms with van der Waals surface area (Å²) in [5.41, 5.74) is 1.46. The van der Waals surface area contributed by atoms with Gasteiger partial charge in [0.05, 0.1) is 18.2 Å². The topological polar surface area (TPSA) is 65.1 Å². The molecule has 0 aliphatic rings. The van der Waals surface area contributed by atoms with Gasteiger partial charge in [0.1, 0.15) is 0 Å². The molecule has 0 saturated heterocycles. The second-order valence-corrected chi connectivity index (χ2v) is 6.73. The number of amides is 1. The normalized spacial score (nSPS) is 12.9. The predicted molar refractivity (Wildman–Crippen MR) is 86.9 cm³/mol. The van der Waals surface area contributed by atoms with Crippen LogP contribution in [0.1, 0.15) is 24.2 Å². The third kappa shape index (κ3) is 3.07. The molecule has 1 amide bonds. The summed E-state index contributed by atoms with van der Waals surface area (Å²) in [5, 5.41) is 13.0. The summed E-state index contributed by atoms with van der Waals surface area (Å²) >= 11 is 6.87. The van der Waals surface area contributed by atoms with Crippen LogP contribution in [0.25, 0.3) is 10.9 Å². The highest BCUT2D eigenvalue weighted by molar-refractivity contribution is 9.13. The Kier molecular flexibility index (Phi) is 4.88. The molecule has 1 aromatic carbocycles. The van der Waals surface area contributed by atoms with Gasteiger partial charge in [0, 0.05) is 26.0 Å². The monoisotopic (exact) mass is 402 g/mol. The fourth-order valence-electron chi connectivity index (χ4n) is 1.97. The average Bonchev–Trinajstić information content (AvgIpc) is 2.78. The van der Waals surface area contributed by atoms with Crippen molar-refractivity contribution in [2.75, 3.05) is 6.61 Å². The standard InChI is InChI=1S/C14H16Br2N2O2/c1-7(2)13(6-19)18-14(20)9-5-17-12-4-11(16)10(15)3-8(9)12/h3-5,7,13,17,19H,6H2,1-2H3,(H,18,20)/t13-/m1/s1. The maximum absolute atomic E-state index is 12.3. The van der Waals surface area contributed by atoms with Crippen molar-refractivity contribution in [3.63, 3.8) is 0 Å². The molecule has 0 aliphatic heterocycles. The van der Waals surface area contributed by atoms with Crippen LogP contribution in [-0.2, 0) is 0 Å². The predicted octanol–water partition coefficient (Wildman–Crippen LogP) is 3.44. The number of hydrogen-bond acceptors (Lipinski definition) is 2. The Morgan fingerprint density at radius 2 is 2.00 bits per heavy atom. The van der Waals surface area contributed by atoms with Crippen LogP contribution in [0.4, 0.5) is 0 Å². The van der Waals surface area contributed by atoms with Gasteiger partial charge in [-0.05, 0) is 49.9 Å². The number of aromatic amines is 1. The number of H-pyrrole nitrogens is 1. The van der Waals surface area contributed by atoms with E-state index in [0.29, 0.717) is 5.56 Å². The van der Waals surface area contributed by atoms with Crippen molar-refractivity contribution in [1.82, 2.24) is 10.3 Å². The molecule has 0 radical (unpaired) electrons. The lowest BCUT2D eigenvalue weighted by Crippen LogP contribution is -2.41. The number of aliphatic hydroxyl groups is 1. The van der Waals surface area contributed by atoms with Crippen LogP contribution in [0.15, 0.2) is 27.3 Å². The first-order valence-electron chi connectivity index (χ1n) is 6.32. The van der Waals surface area contributed by atoms with E-state index in [2.05, 4.69) is 42.2 Å². The summed E-state index contributed by atoms with van der Waals surface area (Å²) in [6.45, 7) is 3.86. The molecule has 0 aliphatic carbocycles. The fourth-order valence-corrected chi connectivity index (χ4v) is 2.66. The van der Waals surface area contributed by atoms with E-state index in [9.17, 15) is 9.90 Å². The molecule has 2 rings (SSSR count). The van der Waals surface area contributed by atoms with E-state index in [0.717, 1.165) is 19.8 Å². The lowest BCUT2D eigenvalue weighted by Gasteiger charge is -2.19. The van der Waals surface area contributed by atoms with Crippen molar-refractivity contribution in [2.45, 2.75) is 19.9 Å². The van der Waals surface area contributed by atoms with Crippen LogP contribution < -0.4 is 5.32 Å². The molecule has 2 aromatic rings. The maximum Gasteiger partial charge on any atom is 0.253 e. The van der Waals surface area contributed by atoms with Gasteiger partial charge in [-0.2, -0.15) is 0 Å². The highest BCUT2D eigenvalue weighted by atomic mass is 79.9. The summed E-state index contributed by atoms with van der Waals surface area (Å²) in [5.74, 6) is -0.00624. The Bertz CT molecular complexity index is 637. The van der Waals surface area contributed by atoms with Crippen molar-refractivity contribution in [3.05, 3.63) is 32.8 Å². The molecule has 20 heavy (non-hydrogen) atoms. The van der Waals surface area contributed by atoms with Gasteiger partial charge in [0.15, 0.2) is 0 Å². The van der Waals surface area contributed by atoms with E-state index in [1.807, 2.05) is 26.0 Å². The molecule has 0 saturated carbocycles. The SMILES string of the molecule is CC(C)[C@@H](CO)NC(=O)c1c[nH]c2cc(Br)c(Br)cc12. The van der Waals surface area contributed by atoms with Gasteiger partial charge in [0.25, 0.3) is 5.91 Å². The molecule has 4 nitrogen and oxygen atoms in total. The number of fused-ring (bicyclic) bond motifs is 1. The van der Waals surface area contributed by atoms with E-state index in [-0.39, 0.29) is 24.5 Å². The Labute approximate surface area is 134 Å². The quantitative estimate of drug-likeness (QED) is 0.731. The van der Waals surface area contributed by atoms with Gasteiger partial charge < -0.3 is 15.4 Å². The molecule has 0 bridgehead atoms. The summed E-state index contributed by atoms with van der Waals surface area (Å²) in [7, 11) is 0.